The number of ether oxygens (including phenoxy) is 1. The molecule has 4 N–H and O–H groups in total. The lowest BCUT2D eigenvalue weighted by molar-refractivity contribution is -0.0463. The third-order valence-corrected chi connectivity index (χ3v) is 6.68. The number of amides is 2. The molecule has 2 aliphatic rings. The normalized spacial score (nSPS) is 21.0. The van der Waals surface area contributed by atoms with E-state index in [1.54, 1.807) is 30.3 Å². The van der Waals surface area contributed by atoms with E-state index < -0.39 is 11.6 Å². The highest BCUT2D eigenvalue weighted by atomic mass is 35.5. The summed E-state index contributed by atoms with van der Waals surface area (Å²) in [7, 11) is 1.00. The first-order valence-corrected chi connectivity index (χ1v) is 12.1. The second kappa shape index (κ2) is 11.1. The van der Waals surface area contributed by atoms with Crippen molar-refractivity contribution >= 4 is 40.6 Å². The molecule has 0 aromatic heterocycles. The number of carbonyl (C=O) groups is 1. The Balaban J connectivity index is 0.00000158. The lowest BCUT2D eigenvalue weighted by Crippen LogP contribution is -2.55. The van der Waals surface area contributed by atoms with Crippen molar-refractivity contribution in [2.45, 2.75) is 44.1 Å². The van der Waals surface area contributed by atoms with E-state index in [-0.39, 0.29) is 12.0 Å². The topological polar surface area (TPSA) is 94.1 Å². The molecule has 0 radical (unpaired) electrons. The monoisotopic (exact) mass is 509 g/mol. The molecule has 2 aromatic carbocycles. The van der Waals surface area contributed by atoms with Crippen LogP contribution in [0.2, 0.25) is 10.0 Å². The fourth-order valence-electron chi connectivity index (χ4n) is 4.84. The van der Waals surface area contributed by atoms with Gasteiger partial charge in [-0.1, -0.05) is 37.0 Å². The lowest BCUT2D eigenvalue weighted by atomic mass is 9.72. The molecule has 2 amide bonds. The molecule has 9 heteroatoms. The van der Waals surface area contributed by atoms with Crippen molar-refractivity contribution in [3.63, 3.8) is 0 Å². The number of nitrogens with one attached hydrogen (secondary N) is 2. The minimum Gasteiger partial charge on any atom is -0.481 e. The summed E-state index contributed by atoms with van der Waals surface area (Å²) < 4.78 is 6.51. The summed E-state index contributed by atoms with van der Waals surface area (Å²) in [5.41, 5.74) is 0.952. The average Bonchev–Trinajstić information content (AvgIpc) is 3.30. The van der Waals surface area contributed by atoms with E-state index >= 15 is 0 Å². The first-order valence-electron chi connectivity index (χ1n) is 11.3. The highest BCUT2D eigenvalue weighted by Gasteiger charge is 2.47. The number of urea groups is 1. The van der Waals surface area contributed by atoms with Gasteiger partial charge in [-0.2, -0.15) is 0 Å². The van der Waals surface area contributed by atoms with Gasteiger partial charge in [-0.3, -0.25) is 4.90 Å². The number of nitrogens with zero attached hydrogens (tertiary/aromatic N) is 1. The van der Waals surface area contributed by atoms with Crippen LogP contribution in [0.15, 0.2) is 36.4 Å². The van der Waals surface area contributed by atoms with Crippen LogP contribution in [0.4, 0.5) is 16.2 Å². The van der Waals surface area contributed by atoms with Gasteiger partial charge in [0.1, 0.15) is 11.4 Å². The first-order chi connectivity index (χ1) is 16.2. The van der Waals surface area contributed by atoms with Crippen LogP contribution in [0.5, 0.6) is 5.75 Å². The summed E-state index contributed by atoms with van der Waals surface area (Å²) in [5.74, 6) is 0.560. The predicted molar refractivity (Wildman–Crippen MR) is 137 cm³/mol. The van der Waals surface area contributed by atoms with Gasteiger partial charge in [0.25, 0.3) is 0 Å². The Labute approximate surface area is 211 Å². The smallest absolute Gasteiger partial charge is 0.323 e. The zero-order valence-electron chi connectivity index (χ0n) is 19.8. The number of aliphatic hydroxyl groups excluding tert-OH is 2. The van der Waals surface area contributed by atoms with Gasteiger partial charge < -0.3 is 25.6 Å². The van der Waals surface area contributed by atoms with E-state index in [1.807, 2.05) is 6.07 Å². The van der Waals surface area contributed by atoms with E-state index in [0.29, 0.717) is 40.1 Å². The van der Waals surface area contributed by atoms with Crippen LogP contribution in [-0.2, 0) is 5.41 Å². The van der Waals surface area contributed by atoms with Crippen molar-refractivity contribution in [2.75, 3.05) is 44.0 Å². The largest absolute Gasteiger partial charge is 0.481 e. The van der Waals surface area contributed by atoms with Crippen LogP contribution < -0.4 is 15.4 Å². The molecule has 2 heterocycles. The molecular weight excluding hydrogens is 477 g/mol. The van der Waals surface area contributed by atoms with E-state index in [4.69, 9.17) is 33.0 Å². The minimum atomic E-state index is -0.752. The number of aliphatic hydroxyl groups is 2. The van der Waals surface area contributed by atoms with Gasteiger partial charge in [0.05, 0.1) is 12.3 Å². The molecule has 2 aliphatic heterocycles. The van der Waals surface area contributed by atoms with Gasteiger partial charge in [-0.05, 0) is 74.2 Å². The Bertz CT molecular complexity index is 994. The number of fused-ring (bicyclic) bond motifs is 1. The molecule has 2 aromatic rings. The van der Waals surface area contributed by atoms with Gasteiger partial charge in [-0.15, -0.1) is 0 Å². The summed E-state index contributed by atoms with van der Waals surface area (Å²) in [6, 6.07) is 10.0. The number of carbonyl (C=O) groups excluding carboxylic acids is 1. The van der Waals surface area contributed by atoms with Crippen molar-refractivity contribution in [1.82, 2.24) is 4.90 Å². The van der Waals surface area contributed by atoms with Crippen molar-refractivity contribution in [2.24, 2.45) is 0 Å². The van der Waals surface area contributed by atoms with Crippen molar-refractivity contribution in [3.05, 3.63) is 52.0 Å². The van der Waals surface area contributed by atoms with Crippen molar-refractivity contribution in [1.29, 1.82) is 0 Å². The van der Waals surface area contributed by atoms with E-state index in [2.05, 4.69) is 29.4 Å². The number of rotatable bonds is 5. The van der Waals surface area contributed by atoms with E-state index in [0.717, 1.165) is 38.6 Å². The van der Waals surface area contributed by atoms with Crippen LogP contribution >= 0.6 is 23.2 Å². The Hall–Kier alpha value is -2.03. The van der Waals surface area contributed by atoms with Crippen LogP contribution in [0, 0.1) is 0 Å². The Morgan fingerprint density at radius 3 is 2.32 bits per heavy atom. The van der Waals surface area contributed by atoms with E-state index in [9.17, 15) is 9.90 Å². The predicted octanol–water partition coefficient (Wildman–Crippen LogP) is 5.13. The standard InChI is InChI=1S/C24H29Cl2N3O3.CH4O/c1-23(2)13-24(15-30,14-29-9-3-4-10-29)32-21-19(23)11-17(26)12-20(21)28-22(31)27-18-7-5-16(25)6-8-18;1-2/h5-8,11-12,30H,3-4,9-10,13-15H2,1-2H3,(H2,27,28,31);2H,1H3/t24-;/m0./s1. The molecule has 186 valence electrons. The summed E-state index contributed by atoms with van der Waals surface area (Å²) >= 11 is 12.3. The molecule has 1 fully saturated rings. The van der Waals surface area contributed by atoms with Gasteiger partial charge >= 0.3 is 6.03 Å². The summed E-state index contributed by atoms with van der Waals surface area (Å²) in [4.78, 5) is 15.1. The highest BCUT2D eigenvalue weighted by molar-refractivity contribution is 6.31. The fourth-order valence-corrected chi connectivity index (χ4v) is 5.19. The fraction of sp³-hybridized carbons (Fsp3) is 0.480. The molecule has 0 aliphatic carbocycles. The number of benzene rings is 2. The number of hydrogen-bond donors (Lipinski definition) is 4. The molecule has 0 unspecified atom stereocenters. The van der Waals surface area contributed by atoms with Crippen LogP contribution in [0.25, 0.3) is 0 Å². The maximum Gasteiger partial charge on any atom is 0.323 e. The molecule has 0 bridgehead atoms. The van der Waals surface area contributed by atoms with Gasteiger partial charge in [0.2, 0.25) is 0 Å². The minimum absolute atomic E-state index is 0.106. The number of hydrogen-bond acceptors (Lipinski definition) is 5. The second-order valence-electron chi connectivity index (χ2n) is 9.40. The number of anilines is 2. The van der Waals surface area contributed by atoms with Crippen LogP contribution in [0.3, 0.4) is 0 Å². The Morgan fingerprint density at radius 2 is 1.71 bits per heavy atom. The zero-order valence-corrected chi connectivity index (χ0v) is 21.3. The highest BCUT2D eigenvalue weighted by Crippen LogP contribution is 2.49. The molecule has 4 rings (SSSR count). The average molecular weight is 510 g/mol. The SMILES string of the molecule is CC1(C)C[C@@](CO)(CN2CCCC2)Oc2c(NC(=O)Nc3ccc(Cl)cc3)cc(Cl)cc21.CO. The van der Waals surface area contributed by atoms with Crippen LogP contribution in [0.1, 0.15) is 38.7 Å². The maximum absolute atomic E-state index is 12.7. The van der Waals surface area contributed by atoms with E-state index in [1.165, 1.54) is 0 Å². The number of halogens is 2. The molecule has 0 spiro atoms. The quantitative estimate of drug-likeness (QED) is 0.448. The molecule has 1 atom stereocenters. The summed E-state index contributed by atoms with van der Waals surface area (Å²) in [5, 5.41) is 24.2. The summed E-state index contributed by atoms with van der Waals surface area (Å²) in [6.07, 6.45) is 2.97. The van der Waals surface area contributed by atoms with Gasteiger partial charge in [0, 0.05) is 35.0 Å². The third-order valence-electron chi connectivity index (χ3n) is 6.21. The Morgan fingerprint density at radius 1 is 1.06 bits per heavy atom. The Kier molecular flexibility index (Phi) is 8.71. The number of likely N-dealkylation sites (tertiary alicyclic amines) is 1. The molecule has 34 heavy (non-hydrogen) atoms. The van der Waals surface area contributed by atoms with Gasteiger partial charge in [-0.25, -0.2) is 4.79 Å². The van der Waals surface area contributed by atoms with Gasteiger partial charge in [0.15, 0.2) is 0 Å². The molecule has 1 saturated heterocycles. The molecule has 7 nitrogen and oxygen atoms in total. The maximum atomic E-state index is 12.7. The van der Waals surface area contributed by atoms with Crippen LogP contribution in [-0.4, -0.2) is 60.1 Å². The first kappa shape index (κ1) is 26.6. The molecule has 0 saturated carbocycles. The van der Waals surface area contributed by atoms with Crippen molar-refractivity contribution < 1.29 is 19.7 Å². The molecular formula is C25H33Cl2N3O4. The van der Waals surface area contributed by atoms with Crippen molar-refractivity contribution in [3.8, 4) is 5.75 Å². The lowest BCUT2D eigenvalue weighted by Gasteiger charge is -2.47. The third kappa shape index (κ3) is 6.15. The second-order valence-corrected chi connectivity index (χ2v) is 10.3. The summed E-state index contributed by atoms with van der Waals surface area (Å²) in [6.45, 7) is 6.80. The zero-order chi connectivity index (χ0) is 24.9.